The van der Waals surface area contributed by atoms with Gasteiger partial charge in [-0.05, 0) is 11.6 Å². The predicted molar refractivity (Wildman–Crippen MR) is 50.4 cm³/mol. The zero-order valence-electron chi connectivity index (χ0n) is 7.51. The summed E-state index contributed by atoms with van der Waals surface area (Å²) in [5.41, 5.74) is 1.25. The van der Waals surface area contributed by atoms with Gasteiger partial charge in [0.2, 0.25) is 0 Å². The fraction of sp³-hybridized carbons (Fsp3) is 0.182. The van der Waals surface area contributed by atoms with E-state index in [2.05, 4.69) is 0 Å². The van der Waals surface area contributed by atoms with Crippen LogP contribution in [0.15, 0.2) is 42.0 Å². The van der Waals surface area contributed by atoms with Gasteiger partial charge in [-0.15, -0.1) is 0 Å². The maximum atomic E-state index is 11.1. The second kappa shape index (κ2) is 3.64. The molecule has 0 saturated heterocycles. The lowest BCUT2D eigenvalue weighted by molar-refractivity contribution is -0.140. The molecule has 2 rings (SSSR count). The van der Waals surface area contributed by atoms with Crippen molar-refractivity contribution in [2.75, 3.05) is 6.61 Å². The zero-order valence-corrected chi connectivity index (χ0v) is 7.51. The molecule has 3 nitrogen and oxygen atoms in total. The number of ether oxygens (including phenoxy) is 1. The van der Waals surface area contributed by atoms with Gasteiger partial charge in [0.05, 0.1) is 12.2 Å². The third-order valence-electron chi connectivity index (χ3n) is 2.15. The molecule has 0 unspecified atom stereocenters. The average Bonchev–Trinajstić information content (AvgIpc) is 2.61. The van der Waals surface area contributed by atoms with Gasteiger partial charge in [0.15, 0.2) is 0 Å². The van der Waals surface area contributed by atoms with Crippen molar-refractivity contribution in [1.29, 1.82) is 0 Å². The summed E-state index contributed by atoms with van der Waals surface area (Å²) in [7, 11) is 0. The first-order valence-electron chi connectivity index (χ1n) is 4.39. The van der Waals surface area contributed by atoms with Crippen molar-refractivity contribution in [1.82, 2.24) is 0 Å². The molecule has 0 aromatic heterocycles. The Labute approximate surface area is 81.6 Å². The smallest absolute Gasteiger partial charge is 0.337 e. The summed E-state index contributed by atoms with van der Waals surface area (Å²) in [6, 6.07) is 9.43. The van der Waals surface area contributed by atoms with Crippen molar-refractivity contribution < 1.29 is 14.6 Å². The van der Waals surface area contributed by atoms with E-state index in [9.17, 15) is 4.79 Å². The molecule has 1 aromatic rings. The van der Waals surface area contributed by atoms with Crippen molar-refractivity contribution in [3.8, 4) is 0 Å². The lowest BCUT2D eigenvalue weighted by Crippen LogP contribution is -2.04. The quantitative estimate of drug-likeness (QED) is 0.713. The molecule has 1 aliphatic heterocycles. The number of hydrogen-bond acceptors (Lipinski definition) is 3. The number of aliphatic hydroxyl groups excluding tert-OH is 1. The number of rotatable bonds is 2. The highest BCUT2D eigenvalue weighted by Gasteiger charge is 2.25. The summed E-state index contributed by atoms with van der Waals surface area (Å²) in [5.74, 6) is -0.429. The molecule has 0 aliphatic carbocycles. The van der Waals surface area contributed by atoms with Crippen LogP contribution in [0.5, 0.6) is 0 Å². The SMILES string of the molecule is O=C1O[C@@H](c2ccccc2)C=C1CO. The molecule has 0 spiro atoms. The van der Waals surface area contributed by atoms with Crippen molar-refractivity contribution in [3.63, 3.8) is 0 Å². The summed E-state index contributed by atoms with van der Waals surface area (Å²) in [4.78, 5) is 11.1. The van der Waals surface area contributed by atoms with Gasteiger partial charge in [0.25, 0.3) is 0 Å². The molecular weight excluding hydrogens is 180 g/mol. The Morgan fingerprint density at radius 2 is 2.00 bits per heavy atom. The number of aliphatic hydroxyl groups is 1. The molecule has 72 valence electrons. The van der Waals surface area contributed by atoms with Crippen molar-refractivity contribution in [3.05, 3.63) is 47.5 Å². The Hall–Kier alpha value is -1.61. The molecule has 0 amide bonds. The molecule has 0 saturated carbocycles. The van der Waals surface area contributed by atoms with Gasteiger partial charge in [-0.25, -0.2) is 4.79 Å². The van der Waals surface area contributed by atoms with Crippen LogP contribution >= 0.6 is 0 Å². The Balaban J connectivity index is 2.24. The van der Waals surface area contributed by atoms with Gasteiger partial charge in [-0.2, -0.15) is 0 Å². The third kappa shape index (κ3) is 1.54. The minimum atomic E-state index is -0.429. The van der Waals surface area contributed by atoms with Gasteiger partial charge in [-0.1, -0.05) is 30.3 Å². The maximum absolute atomic E-state index is 11.1. The van der Waals surface area contributed by atoms with E-state index in [0.717, 1.165) is 5.56 Å². The number of benzene rings is 1. The molecule has 14 heavy (non-hydrogen) atoms. The van der Waals surface area contributed by atoms with Crippen LogP contribution < -0.4 is 0 Å². The van der Waals surface area contributed by atoms with Crippen LogP contribution in [-0.4, -0.2) is 17.7 Å². The number of hydrogen-bond donors (Lipinski definition) is 1. The molecule has 1 heterocycles. The topological polar surface area (TPSA) is 46.5 Å². The van der Waals surface area contributed by atoms with E-state index in [1.165, 1.54) is 0 Å². The van der Waals surface area contributed by atoms with Gasteiger partial charge in [0, 0.05) is 0 Å². The van der Waals surface area contributed by atoms with Crippen LogP contribution in [0.2, 0.25) is 0 Å². The molecule has 0 radical (unpaired) electrons. The largest absolute Gasteiger partial charge is 0.450 e. The third-order valence-corrected chi connectivity index (χ3v) is 2.15. The fourth-order valence-electron chi connectivity index (χ4n) is 1.40. The van der Waals surface area contributed by atoms with E-state index < -0.39 is 5.97 Å². The van der Waals surface area contributed by atoms with Crippen LogP contribution in [0.3, 0.4) is 0 Å². The van der Waals surface area contributed by atoms with Crippen LogP contribution in [0.4, 0.5) is 0 Å². The summed E-state index contributed by atoms with van der Waals surface area (Å²) in [5, 5.41) is 8.83. The highest BCUT2D eigenvalue weighted by Crippen LogP contribution is 2.26. The zero-order chi connectivity index (χ0) is 9.97. The molecule has 1 N–H and O–H groups in total. The van der Waals surface area contributed by atoms with E-state index in [4.69, 9.17) is 9.84 Å². The molecule has 1 atom stereocenters. The van der Waals surface area contributed by atoms with Gasteiger partial charge in [-0.3, -0.25) is 0 Å². The number of cyclic esters (lactones) is 1. The molecule has 0 bridgehead atoms. The lowest BCUT2D eigenvalue weighted by Gasteiger charge is -2.07. The highest BCUT2D eigenvalue weighted by molar-refractivity contribution is 5.91. The molecule has 1 aliphatic rings. The molecule has 3 heteroatoms. The summed E-state index contributed by atoms with van der Waals surface area (Å²) in [6.07, 6.45) is 1.31. The lowest BCUT2D eigenvalue weighted by atomic mass is 10.1. The van der Waals surface area contributed by atoms with Crippen LogP contribution in [0.1, 0.15) is 11.7 Å². The van der Waals surface area contributed by atoms with Gasteiger partial charge < -0.3 is 9.84 Å². The van der Waals surface area contributed by atoms with E-state index in [1.807, 2.05) is 30.3 Å². The van der Waals surface area contributed by atoms with Crippen LogP contribution in [-0.2, 0) is 9.53 Å². The molecule has 0 fully saturated rings. The van der Waals surface area contributed by atoms with Crippen LogP contribution in [0.25, 0.3) is 0 Å². The second-order valence-corrected chi connectivity index (χ2v) is 3.09. The van der Waals surface area contributed by atoms with Crippen molar-refractivity contribution in [2.45, 2.75) is 6.10 Å². The highest BCUT2D eigenvalue weighted by atomic mass is 16.5. The minimum absolute atomic E-state index is 0.262. The fourth-order valence-corrected chi connectivity index (χ4v) is 1.40. The Morgan fingerprint density at radius 3 is 2.57 bits per heavy atom. The van der Waals surface area contributed by atoms with E-state index in [-0.39, 0.29) is 12.7 Å². The monoisotopic (exact) mass is 190 g/mol. The van der Waals surface area contributed by atoms with Gasteiger partial charge in [0.1, 0.15) is 6.10 Å². The summed E-state index contributed by atoms with van der Waals surface area (Å²) >= 11 is 0. The Kier molecular flexibility index (Phi) is 2.33. The van der Waals surface area contributed by atoms with E-state index in [0.29, 0.717) is 5.57 Å². The maximum Gasteiger partial charge on any atom is 0.337 e. The summed E-state index contributed by atoms with van der Waals surface area (Å²) < 4.78 is 5.06. The van der Waals surface area contributed by atoms with Crippen molar-refractivity contribution >= 4 is 5.97 Å². The van der Waals surface area contributed by atoms with Gasteiger partial charge >= 0.3 is 5.97 Å². The average molecular weight is 190 g/mol. The number of carbonyl (C=O) groups excluding carboxylic acids is 1. The molecular formula is C11H10O3. The second-order valence-electron chi connectivity index (χ2n) is 3.09. The predicted octanol–water partition coefficient (Wildman–Crippen LogP) is 1.20. The Morgan fingerprint density at radius 1 is 1.29 bits per heavy atom. The minimum Gasteiger partial charge on any atom is -0.450 e. The first-order chi connectivity index (χ1) is 6.81. The first kappa shape index (κ1) is 8.97. The van der Waals surface area contributed by atoms with E-state index in [1.54, 1.807) is 6.08 Å². The summed E-state index contributed by atoms with van der Waals surface area (Å²) in [6.45, 7) is -0.262. The number of esters is 1. The van der Waals surface area contributed by atoms with E-state index >= 15 is 0 Å². The standard InChI is InChI=1S/C11H10O3/c12-7-9-6-10(14-11(9)13)8-4-2-1-3-5-8/h1-6,10,12H,7H2/t10-/m1/s1. The van der Waals surface area contributed by atoms with Crippen molar-refractivity contribution in [2.24, 2.45) is 0 Å². The molecule has 1 aromatic carbocycles. The first-order valence-corrected chi connectivity index (χ1v) is 4.39. The van der Waals surface area contributed by atoms with Crippen LogP contribution in [0, 0.1) is 0 Å². The normalized spacial score (nSPS) is 20.5. The Bertz CT molecular complexity index is 367. The number of carbonyl (C=O) groups is 1.